The predicted molar refractivity (Wildman–Crippen MR) is 77.4 cm³/mol. The second-order valence-electron chi connectivity index (χ2n) is 3.76. The van der Waals surface area contributed by atoms with E-state index < -0.39 is 0 Å². The number of thiophene rings is 1. The average Bonchev–Trinajstić information content (AvgIpc) is 2.71. The lowest BCUT2D eigenvalue weighted by Gasteiger charge is -2.17. The van der Waals surface area contributed by atoms with Crippen LogP contribution in [0.2, 0.25) is 5.02 Å². The van der Waals surface area contributed by atoms with Crippen LogP contribution in [0.4, 0.5) is 0 Å². The van der Waals surface area contributed by atoms with E-state index in [1.165, 1.54) is 5.56 Å². The molecule has 0 saturated carbocycles. The topological polar surface area (TPSA) is 38.0 Å². The zero-order chi connectivity index (χ0) is 12.4. The molecule has 0 amide bonds. The number of benzene rings is 1. The average molecular weight is 332 g/mol. The Morgan fingerprint density at radius 3 is 2.76 bits per heavy atom. The van der Waals surface area contributed by atoms with Crippen molar-refractivity contribution in [1.29, 1.82) is 0 Å². The fourth-order valence-corrected chi connectivity index (χ4v) is 3.42. The summed E-state index contributed by atoms with van der Waals surface area (Å²) < 4.78 is 1.02. The van der Waals surface area contributed by atoms with Gasteiger partial charge in [-0.1, -0.05) is 45.2 Å². The summed E-state index contributed by atoms with van der Waals surface area (Å²) in [5.41, 5.74) is 5.11. The van der Waals surface area contributed by atoms with Gasteiger partial charge >= 0.3 is 0 Å². The highest BCUT2D eigenvalue weighted by Crippen LogP contribution is 2.35. The molecule has 1 aromatic carbocycles. The van der Waals surface area contributed by atoms with Gasteiger partial charge in [0.15, 0.2) is 0 Å². The maximum absolute atomic E-state index is 6.15. The summed E-state index contributed by atoms with van der Waals surface area (Å²) in [6.07, 6.45) is 0. The number of rotatable bonds is 3. The molecule has 0 aliphatic carbocycles. The van der Waals surface area contributed by atoms with Gasteiger partial charge in [0.2, 0.25) is 0 Å². The molecule has 0 fully saturated rings. The molecule has 1 aromatic heterocycles. The molecule has 2 nitrogen and oxygen atoms in total. The molecule has 0 aliphatic heterocycles. The molecule has 0 saturated heterocycles. The van der Waals surface area contributed by atoms with Crippen molar-refractivity contribution in [3.8, 4) is 0 Å². The first kappa shape index (κ1) is 13.1. The van der Waals surface area contributed by atoms with E-state index in [4.69, 9.17) is 17.4 Å². The van der Waals surface area contributed by atoms with E-state index in [0.29, 0.717) is 0 Å². The van der Waals surface area contributed by atoms with Gasteiger partial charge in [0.1, 0.15) is 0 Å². The van der Waals surface area contributed by atoms with Crippen molar-refractivity contribution in [2.45, 2.75) is 13.0 Å². The molecule has 0 aliphatic rings. The molecule has 2 rings (SSSR count). The SMILES string of the molecule is Cc1ccc(Br)c(C(NN)c2sccc2Cl)c1. The summed E-state index contributed by atoms with van der Waals surface area (Å²) in [5.74, 6) is 5.66. The molecule has 5 heteroatoms. The standard InChI is InChI=1S/C12H12BrClN2S/c1-7-2-3-9(13)8(6-7)11(16-15)12-10(14)4-5-17-12/h2-6,11,16H,15H2,1H3. The predicted octanol–water partition coefficient (Wildman–Crippen LogP) is 4.03. The van der Waals surface area contributed by atoms with Crippen LogP contribution in [0, 0.1) is 6.92 Å². The van der Waals surface area contributed by atoms with Gasteiger partial charge < -0.3 is 0 Å². The van der Waals surface area contributed by atoms with Crippen molar-refractivity contribution in [2.75, 3.05) is 0 Å². The maximum atomic E-state index is 6.15. The zero-order valence-corrected chi connectivity index (χ0v) is 12.4. The lowest BCUT2D eigenvalue weighted by atomic mass is 10.0. The minimum Gasteiger partial charge on any atom is -0.271 e. The number of hydrazine groups is 1. The van der Waals surface area contributed by atoms with E-state index in [2.05, 4.69) is 40.4 Å². The number of nitrogens with one attached hydrogen (secondary N) is 1. The molecule has 90 valence electrons. The van der Waals surface area contributed by atoms with Crippen LogP contribution in [0.25, 0.3) is 0 Å². The van der Waals surface area contributed by atoms with Crippen molar-refractivity contribution in [2.24, 2.45) is 5.84 Å². The minimum atomic E-state index is -0.0863. The van der Waals surface area contributed by atoms with Crippen LogP contribution in [-0.2, 0) is 0 Å². The van der Waals surface area contributed by atoms with Crippen LogP contribution >= 0.6 is 38.9 Å². The number of hydrogen-bond acceptors (Lipinski definition) is 3. The number of aryl methyl sites for hydroxylation is 1. The van der Waals surface area contributed by atoms with Crippen LogP contribution in [0.5, 0.6) is 0 Å². The summed E-state index contributed by atoms with van der Waals surface area (Å²) in [7, 11) is 0. The number of nitrogens with two attached hydrogens (primary N) is 1. The molecular weight excluding hydrogens is 320 g/mol. The quantitative estimate of drug-likeness (QED) is 0.658. The molecule has 1 unspecified atom stereocenters. The molecule has 1 atom stereocenters. The van der Waals surface area contributed by atoms with E-state index in [9.17, 15) is 0 Å². The summed E-state index contributed by atoms with van der Waals surface area (Å²) >= 11 is 11.3. The molecule has 1 heterocycles. The molecule has 3 N–H and O–H groups in total. The molecule has 17 heavy (non-hydrogen) atoms. The van der Waals surface area contributed by atoms with E-state index in [1.807, 2.05) is 17.5 Å². The van der Waals surface area contributed by atoms with E-state index in [0.717, 1.165) is 19.9 Å². The van der Waals surface area contributed by atoms with Crippen molar-refractivity contribution in [1.82, 2.24) is 5.43 Å². The Morgan fingerprint density at radius 1 is 1.41 bits per heavy atom. The first-order valence-electron chi connectivity index (χ1n) is 5.08. The Kier molecular flexibility index (Phi) is 4.22. The summed E-state index contributed by atoms with van der Waals surface area (Å²) in [5, 5.41) is 2.71. The Bertz CT molecular complexity index is 527. The lowest BCUT2D eigenvalue weighted by Crippen LogP contribution is -2.28. The maximum Gasteiger partial charge on any atom is 0.0828 e. The first-order chi connectivity index (χ1) is 8.13. The fraction of sp³-hybridized carbons (Fsp3) is 0.167. The fourth-order valence-electron chi connectivity index (χ4n) is 1.70. The molecular formula is C12H12BrClN2S. The Labute approximate surface area is 118 Å². The monoisotopic (exact) mass is 330 g/mol. The van der Waals surface area contributed by atoms with E-state index in [-0.39, 0.29) is 6.04 Å². The summed E-state index contributed by atoms with van der Waals surface area (Å²) in [4.78, 5) is 1.03. The van der Waals surface area contributed by atoms with Crippen molar-refractivity contribution < 1.29 is 0 Å². The smallest absolute Gasteiger partial charge is 0.0828 e. The lowest BCUT2D eigenvalue weighted by molar-refractivity contribution is 0.644. The van der Waals surface area contributed by atoms with Gasteiger partial charge in [-0.05, 0) is 30.0 Å². The van der Waals surface area contributed by atoms with Crippen LogP contribution in [0.1, 0.15) is 22.0 Å². The van der Waals surface area contributed by atoms with Gasteiger partial charge in [0, 0.05) is 9.35 Å². The van der Waals surface area contributed by atoms with E-state index in [1.54, 1.807) is 11.3 Å². The Morgan fingerprint density at radius 2 is 2.18 bits per heavy atom. The van der Waals surface area contributed by atoms with Crippen LogP contribution in [-0.4, -0.2) is 0 Å². The minimum absolute atomic E-state index is 0.0863. The third-order valence-electron chi connectivity index (χ3n) is 2.54. The summed E-state index contributed by atoms with van der Waals surface area (Å²) in [6, 6.07) is 7.98. The van der Waals surface area contributed by atoms with Gasteiger partial charge in [-0.25, -0.2) is 5.43 Å². The molecule has 0 spiro atoms. The molecule has 2 aromatic rings. The van der Waals surface area contributed by atoms with E-state index >= 15 is 0 Å². The third kappa shape index (κ3) is 2.72. The first-order valence-corrected chi connectivity index (χ1v) is 7.13. The molecule has 0 radical (unpaired) electrons. The summed E-state index contributed by atoms with van der Waals surface area (Å²) in [6.45, 7) is 2.06. The third-order valence-corrected chi connectivity index (χ3v) is 4.68. The highest BCUT2D eigenvalue weighted by atomic mass is 79.9. The van der Waals surface area contributed by atoms with Crippen LogP contribution in [0.3, 0.4) is 0 Å². The van der Waals surface area contributed by atoms with Gasteiger partial charge in [0.05, 0.1) is 11.1 Å². The molecule has 0 bridgehead atoms. The normalized spacial score (nSPS) is 12.7. The van der Waals surface area contributed by atoms with Gasteiger partial charge in [0.25, 0.3) is 0 Å². The van der Waals surface area contributed by atoms with Crippen molar-refractivity contribution in [3.05, 3.63) is 55.1 Å². The largest absolute Gasteiger partial charge is 0.271 e. The number of halogens is 2. The number of hydrogen-bond donors (Lipinski definition) is 2. The Hall–Kier alpha value is -0.390. The second kappa shape index (κ2) is 5.50. The van der Waals surface area contributed by atoms with Crippen LogP contribution in [0.15, 0.2) is 34.1 Å². The van der Waals surface area contributed by atoms with Crippen molar-refractivity contribution in [3.63, 3.8) is 0 Å². The van der Waals surface area contributed by atoms with Crippen LogP contribution < -0.4 is 11.3 Å². The highest BCUT2D eigenvalue weighted by molar-refractivity contribution is 9.10. The van der Waals surface area contributed by atoms with Gasteiger partial charge in [-0.2, -0.15) is 0 Å². The van der Waals surface area contributed by atoms with Gasteiger partial charge in [-0.15, -0.1) is 11.3 Å². The van der Waals surface area contributed by atoms with Crippen molar-refractivity contribution >= 4 is 38.9 Å². The zero-order valence-electron chi connectivity index (χ0n) is 9.21. The highest BCUT2D eigenvalue weighted by Gasteiger charge is 2.19. The van der Waals surface area contributed by atoms with Gasteiger partial charge in [-0.3, -0.25) is 5.84 Å². The Balaban J connectivity index is 2.49. The second-order valence-corrected chi connectivity index (χ2v) is 5.97.